The van der Waals surface area contributed by atoms with Crippen LogP contribution in [0.15, 0.2) is 16.7 Å². The Morgan fingerprint density at radius 2 is 1.71 bits per heavy atom. The van der Waals surface area contributed by atoms with E-state index in [9.17, 15) is 9.59 Å². The molecule has 0 aliphatic carbocycles. The zero-order chi connectivity index (χ0) is 12.7. The summed E-state index contributed by atoms with van der Waals surface area (Å²) in [5.74, 6) is -1.94. The van der Waals surface area contributed by atoms with Crippen LogP contribution in [-0.4, -0.2) is 48.6 Å². The van der Waals surface area contributed by atoms with Gasteiger partial charge in [-0.2, -0.15) is 0 Å². The Balaban J connectivity index is 2.71. The maximum absolute atomic E-state index is 11.4. The summed E-state index contributed by atoms with van der Waals surface area (Å²) in [7, 11) is 0. The third kappa shape index (κ3) is 3.58. The van der Waals surface area contributed by atoms with Crippen LogP contribution < -0.4 is 0 Å². The predicted molar refractivity (Wildman–Crippen MR) is 53.4 cm³/mol. The lowest BCUT2D eigenvalue weighted by atomic mass is 10.2. The maximum atomic E-state index is 11.4. The van der Waals surface area contributed by atoms with E-state index in [1.165, 1.54) is 6.07 Å². The molecule has 0 saturated heterocycles. The molecule has 0 unspecified atom stereocenters. The van der Waals surface area contributed by atoms with Crippen molar-refractivity contribution in [2.75, 3.05) is 26.4 Å². The Hall–Kier alpha value is -1.86. The SMILES string of the molecule is O=C(OCCO)c1ccoc1C(=O)OCCO. The number of aliphatic hydroxyl groups excluding tert-OH is 2. The van der Waals surface area contributed by atoms with Gasteiger partial charge in [0, 0.05) is 0 Å². The van der Waals surface area contributed by atoms with Gasteiger partial charge in [0.1, 0.15) is 18.8 Å². The van der Waals surface area contributed by atoms with Gasteiger partial charge in [0.15, 0.2) is 0 Å². The number of rotatable bonds is 6. The van der Waals surface area contributed by atoms with E-state index in [2.05, 4.69) is 9.47 Å². The van der Waals surface area contributed by atoms with Crippen LogP contribution >= 0.6 is 0 Å². The summed E-state index contributed by atoms with van der Waals surface area (Å²) >= 11 is 0. The number of esters is 2. The molecule has 1 aromatic heterocycles. The zero-order valence-electron chi connectivity index (χ0n) is 8.92. The molecule has 0 saturated carbocycles. The molecule has 0 atom stereocenters. The Bertz CT molecular complexity index is 347. The molecule has 0 aromatic carbocycles. The topological polar surface area (TPSA) is 106 Å². The van der Waals surface area contributed by atoms with Crippen molar-refractivity contribution < 1.29 is 33.7 Å². The van der Waals surface area contributed by atoms with Crippen molar-refractivity contribution in [2.45, 2.75) is 0 Å². The lowest BCUT2D eigenvalue weighted by Gasteiger charge is -2.03. The van der Waals surface area contributed by atoms with Crippen LogP contribution in [0, 0.1) is 0 Å². The molecule has 0 amide bonds. The first-order valence-corrected chi connectivity index (χ1v) is 4.84. The Morgan fingerprint density at radius 3 is 2.29 bits per heavy atom. The van der Waals surface area contributed by atoms with Crippen LogP contribution in [0.3, 0.4) is 0 Å². The number of furan rings is 1. The Kier molecular flexibility index (Phi) is 5.18. The fraction of sp³-hybridized carbons (Fsp3) is 0.400. The van der Waals surface area contributed by atoms with Gasteiger partial charge in [0.25, 0.3) is 0 Å². The molecule has 17 heavy (non-hydrogen) atoms. The molecule has 0 spiro atoms. The minimum Gasteiger partial charge on any atom is -0.460 e. The summed E-state index contributed by atoms with van der Waals surface area (Å²) in [6.07, 6.45) is 1.14. The highest BCUT2D eigenvalue weighted by molar-refractivity contribution is 6.01. The highest BCUT2D eigenvalue weighted by Crippen LogP contribution is 2.13. The molecule has 94 valence electrons. The maximum Gasteiger partial charge on any atom is 0.375 e. The van der Waals surface area contributed by atoms with Gasteiger partial charge in [-0.25, -0.2) is 9.59 Å². The van der Waals surface area contributed by atoms with E-state index in [0.29, 0.717) is 0 Å². The summed E-state index contributed by atoms with van der Waals surface area (Å²) in [6, 6.07) is 1.26. The van der Waals surface area contributed by atoms with E-state index in [-0.39, 0.29) is 37.8 Å². The highest BCUT2D eigenvalue weighted by atomic mass is 16.6. The first-order valence-electron chi connectivity index (χ1n) is 4.84. The molecule has 1 rings (SSSR count). The fourth-order valence-electron chi connectivity index (χ4n) is 1.05. The summed E-state index contributed by atoms with van der Waals surface area (Å²) in [5.41, 5.74) is -0.0820. The van der Waals surface area contributed by atoms with Gasteiger partial charge in [0.05, 0.1) is 19.5 Å². The molecule has 7 nitrogen and oxygen atoms in total. The van der Waals surface area contributed by atoms with Gasteiger partial charge in [-0.05, 0) is 6.07 Å². The summed E-state index contributed by atoms with van der Waals surface area (Å²) < 4.78 is 14.0. The van der Waals surface area contributed by atoms with Crippen molar-refractivity contribution in [1.82, 2.24) is 0 Å². The van der Waals surface area contributed by atoms with E-state index < -0.39 is 11.9 Å². The smallest absolute Gasteiger partial charge is 0.375 e. The Labute approximate surface area is 96.6 Å². The molecule has 0 bridgehead atoms. The number of carbonyl (C=O) groups is 2. The average molecular weight is 244 g/mol. The molecule has 1 heterocycles. The van der Waals surface area contributed by atoms with E-state index in [1.807, 2.05) is 0 Å². The number of carbonyl (C=O) groups excluding carboxylic acids is 2. The second-order valence-corrected chi connectivity index (χ2v) is 2.88. The molecular weight excluding hydrogens is 232 g/mol. The number of aliphatic hydroxyl groups is 2. The lowest BCUT2D eigenvalue weighted by Crippen LogP contribution is -2.14. The minimum absolute atomic E-state index is 0.0820. The van der Waals surface area contributed by atoms with Crippen molar-refractivity contribution in [2.24, 2.45) is 0 Å². The van der Waals surface area contributed by atoms with Crippen molar-refractivity contribution >= 4 is 11.9 Å². The van der Waals surface area contributed by atoms with Crippen LogP contribution in [0.2, 0.25) is 0 Å². The van der Waals surface area contributed by atoms with E-state index >= 15 is 0 Å². The lowest BCUT2D eigenvalue weighted by molar-refractivity contribution is 0.0363. The van der Waals surface area contributed by atoms with Crippen molar-refractivity contribution in [3.05, 3.63) is 23.7 Å². The van der Waals surface area contributed by atoms with Crippen LogP contribution in [0.1, 0.15) is 20.9 Å². The van der Waals surface area contributed by atoms with Gasteiger partial charge in [-0.15, -0.1) is 0 Å². The Morgan fingerprint density at radius 1 is 1.12 bits per heavy atom. The molecule has 0 radical (unpaired) electrons. The van der Waals surface area contributed by atoms with Gasteiger partial charge < -0.3 is 24.1 Å². The van der Waals surface area contributed by atoms with E-state index in [4.69, 9.17) is 14.6 Å². The second-order valence-electron chi connectivity index (χ2n) is 2.88. The standard InChI is InChI=1S/C10H12O7/c11-2-5-16-9(13)7-1-4-15-8(7)10(14)17-6-3-12/h1,4,11-12H,2-3,5-6H2. The van der Waals surface area contributed by atoms with Crippen LogP contribution in [0.4, 0.5) is 0 Å². The fourth-order valence-corrected chi connectivity index (χ4v) is 1.05. The molecule has 0 aliphatic rings. The largest absolute Gasteiger partial charge is 0.460 e. The molecule has 0 aliphatic heterocycles. The zero-order valence-corrected chi connectivity index (χ0v) is 8.92. The first-order chi connectivity index (χ1) is 8.20. The number of hydrogen-bond acceptors (Lipinski definition) is 7. The third-order valence-electron chi connectivity index (χ3n) is 1.72. The molecule has 0 fully saturated rings. The van der Waals surface area contributed by atoms with Crippen molar-refractivity contribution in [3.63, 3.8) is 0 Å². The van der Waals surface area contributed by atoms with Crippen molar-refractivity contribution in [3.8, 4) is 0 Å². The van der Waals surface area contributed by atoms with Gasteiger partial charge in [-0.3, -0.25) is 0 Å². The van der Waals surface area contributed by atoms with Crippen LogP contribution in [0.5, 0.6) is 0 Å². The summed E-state index contributed by atoms with van der Waals surface area (Å²) in [6.45, 7) is -0.996. The highest BCUT2D eigenvalue weighted by Gasteiger charge is 2.23. The summed E-state index contributed by atoms with van der Waals surface area (Å²) in [4.78, 5) is 22.8. The van der Waals surface area contributed by atoms with Gasteiger partial charge >= 0.3 is 11.9 Å². The number of hydrogen-bond donors (Lipinski definition) is 2. The summed E-state index contributed by atoms with van der Waals surface area (Å²) in [5, 5.41) is 17.0. The van der Waals surface area contributed by atoms with Gasteiger partial charge in [0.2, 0.25) is 5.76 Å². The second kappa shape index (κ2) is 6.66. The van der Waals surface area contributed by atoms with Gasteiger partial charge in [-0.1, -0.05) is 0 Å². The third-order valence-corrected chi connectivity index (χ3v) is 1.72. The minimum atomic E-state index is -0.861. The molecular formula is C10H12O7. The normalized spacial score (nSPS) is 10.0. The van der Waals surface area contributed by atoms with Crippen molar-refractivity contribution in [1.29, 1.82) is 0 Å². The molecule has 2 N–H and O–H groups in total. The van der Waals surface area contributed by atoms with E-state index in [1.54, 1.807) is 0 Å². The van der Waals surface area contributed by atoms with Crippen LogP contribution in [-0.2, 0) is 9.47 Å². The number of ether oxygens (including phenoxy) is 2. The van der Waals surface area contributed by atoms with Crippen LogP contribution in [0.25, 0.3) is 0 Å². The monoisotopic (exact) mass is 244 g/mol. The quantitative estimate of drug-likeness (QED) is 0.654. The molecule has 7 heteroatoms. The average Bonchev–Trinajstić information content (AvgIpc) is 2.82. The molecule has 1 aromatic rings. The predicted octanol–water partition coefficient (Wildman–Crippen LogP) is -0.422. The van der Waals surface area contributed by atoms with E-state index in [0.717, 1.165) is 6.26 Å². The first kappa shape index (κ1) is 13.2.